The molecule has 1 aliphatic heterocycles. The highest BCUT2D eigenvalue weighted by Crippen LogP contribution is 2.23. The lowest BCUT2D eigenvalue weighted by molar-refractivity contribution is -0.0110. The molecule has 2 rings (SSSR count). The van der Waals surface area contributed by atoms with Crippen LogP contribution in [0.3, 0.4) is 0 Å². The van der Waals surface area contributed by atoms with Crippen LogP contribution in [0.15, 0.2) is 22.7 Å². The van der Waals surface area contributed by atoms with Crippen molar-refractivity contribution in [3.8, 4) is 5.75 Å². The lowest BCUT2D eigenvalue weighted by Gasteiger charge is -2.22. The van der Waals surface area contributed by atoms with Gasteiger partial charge < -0.3 is 14.6 Å². The van der Waals surface area contributed by atoms with Gasteiger partial charge in [0.15, 0.2) is 0 Å². The highest BCUT2D eigenvalue weighted by atomic mass is 79.9. The first-order valence-corrected chi connectivity index (χ1v) is 6.73. The normalized spacial score (nSPS) is 19.5. The first-order valence-electron chi connectivity index (χ1n) is 5.94. The quantitative estimate of drug-likeness (QED) is 0.927. The molecule has 0 aliphatic carbocycles. The van der Waals surface area contributed by atoms with E-state index in [1.807, 2.05) is 0 Å². The van der Waals surface area contributed by atoms with Crippen LogP contribution in [-0.4, -0.2) is 30.4 Å². The molecule has 1 N–H and O–H groups in total. The highest BCUT2D eigenvalue weighted by molar-refractivity contribution is 9.10. The summed E-state index contributed by atoms with van der Waals surface area (Å²) < 4.78 is 11.7. The molecule has 0 aromatic heterocycles. The van der Waals surface area contributed by atoms with Crippen LogP contribution in [0.2, 0.25) is 0 Å². The minimum Gasteiger partial charge on any atom is -0.491 e. The molecule has 0 bridgehead atoms. The zero-order valence-corrected chi connectivity index (χ0v) is 11.5. The van der Waals surface area contributed by atoms with Crippen molar-refractivity contribution < 1.29 is 19.4 Å². The van der Waals surface area contributed by atoms with Gasteiger partial charge >= 0.3 is 5.97 Å². The van der Waals surface area contributed by atoms with E-state index in [1.54, 1.807) is 12.1 Å². The third kappa shape index (κ3) is 3.46. The van der Waals surface area contributed by atoms with Crippen molar-refractivity contribution in [1.82, 2.24) is 0 Å². The molecule has 0 radical (unpaired) electrons. The molecule has 1 aromatic rings. The lowest BCUT2D eigenvalue weighted by Crippen LogP contribution is -2.25. The summed E-state index contributed by atoms with van der Waals surface area (Å²) in [6.07, 6.45) is 3.39. The summed E-state index contributed by atoms with van der Waals surface area (Å²) in [7, 11) is 0. The second kappa shape index (κ2) is 6.20. The predicted molar refractivity (Wildman–Crippen MR) is 70.2 cm³/mol. The van der Waals surface area contributed by atoms with E-state index in [4.69, 9.17) is 14.6 Å². The minimum atomic E-state index is -0.971. The van der Waals surface area contributed by atoms with Crippen molar-refractivity contribution >= 4 is 21.9 Å². The number of benzene rings is 1. The van der Waals surface area contributed by atoms with Crippen LogP contribution < -0.4 is 4.74 Å². The van der Waals surface area contributed by atoms with Crippen LogP contribution in [0.5, 0.6) is 5.75 Å². The van der Waals surface area contributed by atoms with Crippen molar-refractivity contribution in [1.29, 1.82) is 0 Å². The molecule has 1 heterocycles. The number of hydrogen-bond acceptors (Lipinski definition) is 3. The van der Waals surface area contributed by atoms with Gasteiger partial charge in [0, 0.05) is 11.1 Å². The topological polar surface area (TPSA) is 55.8 Å². The molecule has 0 amide bonds. The Kier molecular flexibility index (Phi) is 4.60. The monoisotopic (exact) mass is 314 g/mol. The number of halogens is 1. The van der Waals surface area contributed by atoms with Gasteiger partial charge in [-0.2, -0.15) is 0 Å². The maximum atomic E-state index is 11.0. The number of carboxylic acid groups (broad SMARTS) is 1. The summed E-state index contributed by atoms with van der Waals surface area (Å²) in [4.78, 5) is 11.0. The molecule has 1 aromatic carbocycles. The number of ether oxygens (including phenoxy) is 2. The molecule has 1 fully saturated rings. The Labute approximate surface area is 114 Å². The molecular weight excluding hydrogens is 300 g/mol. The van der Waals surface area contributed by atoms with E-state index < -0.39 is 5.97 Å². The average Bonchev–Trinajstić information content (AvgIpc) is 2.38. The van der Waals surface area contributed by atoms with Crippen LogP contribution in [-0.2, 0) is 4.74 Å². The Morgan fingerprint density at radius 3 is 3.00 bits per heavy atom. The van der Waals surface area contributed by atoms with Crippen LogP contribution in [0.25, 0.3) is 0 Å². The molecule has 5 heteroatoms. The van der Waals surface area contributed by atoms with Crippen molar-refractivity contribution in [2.75, 3.05) is 13.2 Å². The van der Waals surface area contributed by atoms with E-state index in [2.05, 4.69) is 15.9 Å². The molecule has 18 heavy (non-hydrogen) atoms. The lowest BCUT2D eigenvalue weighted by atomic mass is 10.1. The van der Waals surface area contributed by atoms with Gasteiger partial charge in [-0.25, -0.2) is 4.79 Å². The van der Waals surface area contributed by atoms with E-state index in [1.165, 1.54) is 6.07 Å². The van der Waals surface area contributed by atoms with Gasteiger partial charge in [0.1, 0.15) is 12.4 Å². The van der Waals surface area contributed by atoms with Crippen LogP contribution in [0.4, 0.5) is 0 Å². The van der Waals surface area contributed by atoms with Crippen LogP contribution in [0, 0.1) is 0 Å². The fourth-order valence-electron chi connectivity index (χ4n) is 1.89. The van der Waals surface area contributed by atoms with Crippen molar-refractivity contribution in [2.45, 2.75) is 25.4 Å². The second-order valence-corrected chi connectivity index (χ2v) is 5.10. The largest absolute Gasteiger partial charge is 0.491 e. The third-order valence-electron chi connectivity index (χ3n) is 2.88. The van der Waals surface area contributed by atoms with E-state index >= 15 is 0 Å². The number of rotatable bonds is 4. The Morgan fingerprint density at radius 2 is 2.33 bits per heavy atom. The molecule has 0 spiro atoms. The predicted octanol–water partition coefficient (Wildman–Crippen LogP) is 3.10. The zero-order chi connectivity index (χ0) is 13.0. The number of carbonyl (C=O) groups is 1. The first kappa shape index (κ1) is 13.4. The van der Waals surface area contributed by atoms with Crippen molar-refractivity contribution in [2.24, 2.45) is 0 Å². The van der Waals surface area contributed by atoms with Crippen LogP contribution in [0.1, 0.15) is 29.6 Å². The fraction of sp³-hybridized carbons (Fsp3) is 0.462. The number of hydrogen-bond donors (Lipinski definition) is 1. The summed E-state index contributed by atoms with van der Waals surface area (Å²) in [6.45, 7) is 1.26. The standard InChI is InChI=1S/C13H15BrO4/c14-12-5-4-9(7-11(12)13(15)16)18-8-10-3-1-2-6-17-10/h4-5,7,10H,1-3,6,8H2,(H,15,16). The minimum absolute atomic E-state index is 0.121. The van der Waals surface area contributed by atoms with E-state index in [0.29, 0.717) is 16.8 Å². The molecule has 1 saturated heterocycles. The number of carboxylic acids is 1. The van der Waals surface area contributed by atoms with E-state index in [-0.39, 0.29) is 11.7 Å². The Morgan fingerprint density at radius 1 is 1.50 bits per heavy atom. The van der Waals surface area contributed by atoms with Crippen LogP contribution >= 0.6 is 15.9 Å². The van der Waals surface area contributed by atoms with Gasteiger partial charge in [-0.05, 0) is 53.4 Å². The summed E-state index contributed by atoms with van der Waals surface area (Å²) >= 11 is 3.20. The molecule has 98 valence electrons. The summed E-state index contributed by atoms with van der Waals surface area (Å²) in [5, 5.41) is 9.00. The smallest absolute Gasteiger partial charge is 0.336 e. The number of aromatic carboxylic acids is 1. The Bertz CT molecular complexity index is 427. The molecular formula is C13H15BrO4. The molecule has 1 aliphatic rings. The highest BCUT2D eigenvalue weighted by Gasteiger charge is 2.15. The molecule has 0 saturated carbocycles. The Balaban J connectivity index is 1.96. The van der Waals surface area contributed by atoms with Gasteiger partial charge in [-0.1, -0.05) is 0 Å². The van der Waals surface area contributed by atoms with Crippen molar-refractivity contribution in [3.63, 3.8) is 0 Å². The maximum absolute atomic E-state index is 11.0. The zero-order valence-electron chi connectivity index (χ0n) is 9.89. The van der Waals surface area contributed by atoms with Gasteiger partial charge in [0.2, 0.25) is 0 Å². The summed E-state index contributed by atoms with van der Waals surface area (Å²) in [5.41, 5.74) is 0.206. The maximum Gasteiger partial charge on any atom is 0.336 e. The van der Waals surface area contributed by atoms with E-state index in [0.717, 1.165) is 25.9 Å². The third-order valence-corrected chi connectivity index (χ3v) is 3.57. The fourth-order valence-corrected chi connectivity index (χ4v) is 2.30. The average molecular weight is 315 g/mol. The van der Waals surface area contributed by atoms with Gasteiger partial charge in [0.05, 0.1) is 11.7 Å². The van der Waals surface area contributed by atoms with Crippen molar-refractivity contribution in [3.05, 3.63) is 28.2 Å². The van der Waals surface area contributed by atoms with Gasteiger partial charge in [-0.15, -0.1) is 0 Å². The van der Waals surface area contributed by atoms with Gasteiger partial charge in [0.25, 0.3) is 0 Å². The summed E-state index contributed by atoms with van der Waals surface area (Å²) in [6, 6.07) is 4.95. The molecule has 1 atom stereocenters. The Hall–Kier alpha value is -1.07. The second-order valence-electron chi connectivity index (χ2n) is 4.25. The molecule has 1 unspecified atom stereocenters. The first-order chi connectivity index (χ1) is 8.66. The van der Waals surface area contributed by atoms with E-state index in [9.17, 15) is 4.79 Å². The SMILES string of the molecule is O=C(O)c1cc(OCC2CCCCO2)ccc1Br. The van der Waals surface area contributed by atoms with Gasteiger partial charge in [-0.3, -0.25) is 0 Å². The summed E-state index contributed by atoms with van der Waals surface area (Å²) in [5.74, 6) is -0.411. The molecule has 4 nitrogen and oxygen atoms in total.